The van der Waals surface area contributed by atoms with E-state index in [-0.39, 0.29) is 6.03 Å². The van der Waals surface area contributed by atoms with Gasteiger partial charge in [-0.25, -0.2) is 14.5 Å². The number of nitrogens with zero attached hydrogens (tertiary/aromatic N) is 5. The lowest BCUT2D eigenvalue weighted by Crippen LogP contribution is -2.51. The molecule has 1 N–H and O–H groups in total. The molecule has 176 valence electrons. The summed E-state index contributed by atoms with van der Waals surface area (Å²) in [5.41, 5.74) is 1.94. The van der Waals surface area contributed by atoms with Crippen LogP contribution in [0.15, 0.2) is 54.9 Å². The second-order valence-corrected chi connectivity index (χ2v) is 9.37. The van der Waals surface area contributed by atoms with Crippen molar-refractivity contribution in [2.75, 3.05) is 37.7 Å². The maximum atomic E-state index is 12.7. The number of rotatable bonds is 6. The number of nitrogens with one attached hydrogen (secondary N) is 1. The molecule has 1 aliphatic heterocycles. The summed E-state index contributed by atoms with van der Waals surface area (Å²) in [7, 11) is 0. The van der Waals surface area contributed by atoms with Crippen LogP contribution in [0.2, 0.25) is 0 Å². The van der Waals surface area contributed by atoms with Gasteiger partial charge in [-0.15, -0.1) is 11.3 Å². The van der Waals surface area contributed by atoms with Gasteiger partial charge in [-0.1, -0.05) is 18.2 Å². The topological polar surface area (TPSA) is 75.5 Å². The van der Waals surface area contributed by atoms with Crippen molar-refractivity contribution in [3.8, 4) is 11.4 Å². The molecule has 0 saturated carbocycles. The van der Waals surface area contributed by atoms with Crippen molar-refractivity contribution in [2.24, 2.45) is 0 Å². The fourth-order valence-electron chi connectivity index (χ4n) is 4.19. The van der Waals surface area contributed by atoms with Crippen LogP contribution >= 0.6 is 11.3 Å². The Kier molecular flexibility index (Phi) is 6.35. The molecule has 3 heterocycles. The number of urea groups is 1. The van der Waals surface area contributed by atoms with Gasteiger partial charge < -0.3 is 19.9 Å². The van der Waals surface area contributed by atoms with Crippen LogP contribution in [0.5, 0.6) is 5.75 Å². The number of anilines is 1. The highest BCUT2D eigenvalue weighted by atomic mass is 32.1. The molecule has 0 atom stereocenters. The van der Waals surface area contributed by atoms with Gasteiger partial charge in [0.2, 0.25) is 0 Å². The molecule has 5 rings (SSSR count). The van der Waals surface area contributed by atoms with Gasteiger partial charge >= 0.3 is 6.03 Å². The average Bonchev–Trinajstić information content (AvgIpc) is 3.48. The third kappa shape index (κ3) is 4.70. The van der Waals surface area contributed by atoms with Crippen molar-refractivity contribution in [2.45, 2.75) is 20.4 Å². The lowest BCUT2D eigenvalue weighted by Gasteiger charge is -2.36. The van der Waals surface area contributed by atoms with Crippen LogP contribution in [0.1, 0.15) is 17.6 Å². The number of carbonyl (C=O) groups excluding carboxylic acids is 1. The Hall–Kier alpha value is -3.59. The largest absolute Gasteiger partial charge is 0.492 e. The van der Waals surface area contributed by atoms with Gasteiger partial charge in [0.1, 0.15) is 23.6 Å². The molecular formula is C25H28N6O2S. The molecule has 2 aromatic heterocycles. The third-order valence-corrected chi connectivity index (χ3v) is 7.03. The number of aryl methyl sites for hydroxylation is 1. The number of thiophene rings is 1. The second-order valence-electron chi connectivity index (χ2n) is 8.20. The lowest BCUT2D eigenvalue weighted by molar-refractivity contribution is 0.194. The molecule has 2 amide bonds. The van der Waals surface area contributed by atoms with Crippen molar-refractivity contribution in [3.63, 3.8) is 0 Å². The Balaban J connectivity index is 1.19. The highest BCUT2D eigenvalue weighted by Gasteiger charge is 2.22. The van der Waals surface area contributed by atoms with E-state index in [1.165, 1.54) is 15.0 Å². The zero-order chi connectivity index (χ0) is 23.5. The summed E-state index contributed by atoms with van der Waals surface area (Å²) in [4.78, 5) is 22.3. The highest BCUT2D eigenvalue weighted by Crippen LogP contribution is 2.29. The molecule has 1 aliphatic rings. The SMILES string of the molecule is CCOc1cc(N2CCN(C(=O)NCc3cc4ccccc4s3)CC2)ccc1-n1cnc(C)n1. The Morgan fingerprint density at radius 2 is 1.94 bits per heavy atom. The van der Waals surface area contributed by atoms with Crippen LogP contribution < -0.4 is 15.0 Å². The number of fused-ring (bicyclic) bond motifs is 1. The number of amides is 2. The molecule has 34 heavy (non-hydrogen) atoms. The van der Waals surface area contributed by atoms with E-state index in [1.54, 1.807) is 22.3 Å². The van der Waals surface area contributed by atoms with Crippen LogP contribution in [0, 0.1) is 6.92 Å². The Morgan fingerprint density at radius 3 is 2.68 bits per heavy atom. The maximum Gasteiger partial charge on any atom is 0.317 e. The zero-order valence-corrected chi connectivity index (χ0v) is 20.2. The molecule has 9 heteroatoms. The van der Waals surface area contributed by atoms with Crippen LogP contribution in [0.3, 0.4) is 0 Å². The van der Waals surface area contributed by atoms with Gasteiger partial charge in [-0.2, -0.15) is 5.10 Å². The standard InChI is InChI=1S/C25H28N6O2S/c1-3-33-23-15-20(8-9-22(23)31-17-27-18(2)28-31)29-10-12-30(13-11-29)25(32)26-16-21-14-19-6-4-5-7-24(19)34-21/h4-9,14-15,17H,3,10-13,16H2,1-2H3,(H,26,32). The quantitative estimate of drug-likeness (QED) is 0.451. The molecule has 0 bridgehead atoms. The van der Waals surface area contributed by atoms with E-state index in [9.17, 15) is 4.79 Å². The predicted molar refractivity (Wildman–Crippen MR) is 135 cm³/mol. The lowest BCUT2D eigenvalue weighted by atomic mass is 10.2. The van der Waals surface area contributed by atoms with Crippen LogP contribution in [-0.2, 0) is 6.54 Å². The Bertz CT molecular complexity index is 1260. The van der Waals surface area contributed by atoms with Crippen molar-refractivity contribution in [1.29, 1.82) is 0 Å². The minimum atomic E-state index is -0.0102. The second kappa shape index (κ2) is 9.72. The minimum Gasteiger partial charge on any atom is -0.492 e. The first kappa shape index (κ1) is 22.2. The van der Waals surface area contributed by atoms with Crippen LogP contribution in [0.4, 0.5) is 10.5 Å². The number of piperazine rings is 1. The maximum absolute atomic E-state index is 12.7. The Morgan fingerprint density at radius 1 is 1.12 bits per heavy atom. The molecule has 8 nitrogen and oxygen atoms in total. The first-order valence-electron chi connectivity index (χ1n) is 11.5. The summed E-state index contributed by atoms with van der Waals surface area (Å²) in [6.07, 6.45) is 1.70. The van der Waals surface area contributed by atoms with Gasteiger partial charge in [0.15, 0.2) is 0 Å². The summed E-state index contributed by atoms with van der Waals surface area (Å²) in [6.45, 7) is 7.84. The molecule has 0 aliphatic carbocycles. The van der Waals surface area contributed by atoms with Crippen molar-refractivity contribution >= 4 is 33.1 Å². The number of aromatic nitrogens is 3. The molecule has 0 radical (unpaired) electrons. The summed E-state index contributed by atoms with van der Waals surface area (Å²) in [6, 6.07) is 16.6. The number of hydrogen-bond acceptors (Lipinski definition) is 6. The van der Waals surface area contributed by atoms with E-state index in [2.05, 4.69) is 44.6 Å². The molecule has 0 unspecified atom stereocenters. The summed E-state index contributed by atoms with van der Waals surface area (Å²) < 4.78 is 8.88. The van der Waals surface area contributed by atoms with Gasteiger partial charge in [0.25, 0.3) is 0 Å². The summed E-state index contributed by atoms with van der Waals surface area (Å²) >= 11 is 1.73. The van der Waals surface area contributed by atoms with Gasteiger partial charge in [-0.3, -0.25) is 0 Å². The number of ether oxygens (including phenoxy) is 1. The van der Waals surface area contributed by atoms with E-state index in [1.807, 2.05) is 43.0 Å². The molecular weight excluding hydrogens is 448 g/mol. The van der Waals surface area contributed by atoms with E-state index >= 15 is 0 Å². The summed E-state index contributed by atoms with van der Waals surface area (Å²) in [5.74, 6) is 1.49. The first-order valence-corrected chi connectivity index (χ1v) is 12.3. The normalized spacial score (nSPS) is 13.9. The third-order valence-electron chi connectivity index (χ3n) is 5.92. The fraction of sp³-hybridized carbons (Fsp3) is 0.320. The molecule has 4 aromatic rings. The highest BCUT2D eigenvalue weighted by molar-refractivity contribution is 7.19. The smallest absolute Gasteiger partial charge is 0.317 e. The van der Waals surface area contributed by atoms with Crippen LogP contribution in [-0.4, -0.2) is 58.5 Å². The van der Waals surface area contributed by atoms with Gasteiger partial charge in [0.05, 0.1) is 13.2 Å². The van der Waals surface area contributed by atoms with Crippen molar-refractivity contribution < 1.29 is 9.53 Å². The first-order chi connectivity index (χ1) is 16.6. The number of benzene rings is 2. The average molecular weight is 477 g/mol. The minimum absolute atomic E-state index is 0.0102. The number of hydrogen-bond donors (Lipinski definition) is 1. The van der Waals surface area contributed by atoms with Gasteiger partial charge in [-0.05, 0) is 43.5 Å². The molecule has 2 aromatic carbocycles. The van der Waals surface area contributed by atoms with Crippen molar-refractivity contribution in [3.05, 3.63) is 65.6 Å². The van der Waals surface area contributed by atoms with E-state index in [0.717, 1.165) is 30.2 Å². The molecule has 1 fully saturated rings. The van der Waals surface area contributed by atoms with E-state index in [4.69, 9.17) is 4.74 Å². The van der Waals surface area contributed by atoms with Crippen molar-refractivity contribution in [1.82, 2.24) is 25.0 Å². The number of carbonyl (C=O) groups is 1. The Labute approximate surface area is 202 Å². The zero-order valence-electron chi connectivity index (χ0n) is 19.4. The molecule has 1 saturated heterocycles. The monoisotopic (exact) mass is 476 g/mol. The molecule has 0 spiro atoms. The fourth-order valence-corrected chi connectivity index (χ4v) is 5.19. The summed E-state index contributed by atoms with van der Waals surface area (Å²) in [5, 5.41) is 8.71. The van der Waals surface area contributed by atoms with E-state index < -0.39 is 0 Å². The van der Waals surface area contributed by atoms with Gasteiger partial charge in [0, 0.05) is 47.5 Å². The predicted octanol–water partition coefficient (Wildman–Crippen LogP) is 4.22. The van der Waals surface area contributed by atoms with E-state index in [0.29, 0.717) is 32.1 Å². The van der Waals surface area contributed by atoms with Crippen LogP contribution in [0.25, 0.3) is 15.8 Å².